The maximum Gasteiger partial charge on any atom is 0.0624 e. The smallest absolute Gasteiger partial charge is 0.0624 e. The summed E-state index contributed by atoms with van der Waals surface area (Å²) in [6.07, 6.45) is 18.0. The summed E-state index contributed by atoms with van der Waals surface area (Å²) in [5, 5.41) is 31.8. The number of hydrogen-bond acceptors (Lipinski definition) is 3. The molecule has 0 spiro atoms. The number of rotatable bonds is 10. The third-order valence-electron chi connectivity index (χ3n) is 10.5. The van der Waals surface area contributed by atoms with E-state index in [0.717, 1.165) is 56.3 Å². The minimum absolute atomic E-state index is 0.0473. The average molecular weight is 477 g/mol. The van der Waals surface area contributed by atoms with E-state index in [1.807, 2.05) is 13.8 Å². The van der Waals surface area contributed by atoms with Gasteiger partial charge in [0.1, 0.15) is 0 Å². The fraction of sp³-hybridized carbons (Fsp3) is 0.935. The minimum Gasteiger partial charge on any atom is -0.393 e. The standard InChI is InChI=1S/C31H56O3/c1-7-8-13-25-28(32)20-24(22(3)29(25)33)15-14-23-12-10-19-31(6)26(16-17-27(23)31)21(2)11-9-18-30(4,5)34/h14-15,21-29,32-34H,7-13,16-20H2,1-6H3/b15-14-/t21-,22?,23?,24?,25+,26?,27?,28-,29-,31-/m1/s1. The summed E-state index contributed by atoms with van der Waals surface area (Å²) in [4.78, 5) is 0. The molecular formula is C31H56O3. The Hall–Kier alpha value is -0.380. The predicted octanol–water partition coefficient (Wildman–Crippen LogP) is 7.14. The Morgan fingerprint density at radius 2 is 1.76 bits per heavy atom. The van der Waals surface area contributed by atoms with E-state index in [1.54, 1.807) is 0 Å². The lowest BCUT2D eigenvalue weighted by Gasteiger charge is -2.46. The topological polar surface area (TPSA) is 60.7 Å². The van der Waals surface area contributed by atoms with Gasteiger partial charge in [0, 0.05) is 5.92 Å². The number of unbranched alkanes of at least 4 members (excludes halogenated alkanes) is 1. The van der Waals surface area contributed by atoms with Gasteiger partial charge < -0.3 is 15.3 Å². The summed E-state index contributed by atoms with van der Waals surface area (Å²) >= 11 is 0. The van der Waals surface area contributed by atoms with E-state index < -0.39 is 5.60 Å². The van der Waals surface area contributed by atoms with Crippen LogP contribution in [0.4, 0.5) is 0 Å². The molecule has 34 heavy (non-hydrogen) atoms. The second-order valence-electron chi connectivity index (χ2n) is 13.5. The molecule has 3 aliphatic rings. The first-order chi connectivity index (χ1) is 16.0. The Morgan fingerprint density at radius 3 is 2.44 bits per heavy atom. The van der Waals surface area contributed by atoms with Crippen molar-refractivity contribution >= 4 is 0 Å². The summed E-state index contributed by atoms with van der Waals surface area (Å²) in [7, 11) is 0. The zero-order valence-corrected chi connectivity index (χ0v) is 23.2. The molecule has 0 aromatic heterocycles. The van der Waals surface area contributed by atoms with Crippen molar-refractivity contribution in [3.8, 4) is 0 Å². The maximum absolute atomic E-state index is 10.9. The number of fused-ring (bicyclic) bond motifs is 1. The van der Waals surface area contributed by atoms with Gasteiger partial charge in [0.15, 0.2) is 0 Å². The molecule has 198 valence electrons. The second kappa shape index (κ2) is 11.8. The van der Waals surface area contributed by atoms with E-state index in [4.69, 9.17) is 0 Å². The molecule has 3 fully saturated rings. The van der Waals surface area contributed by atoms with Gasteiger partial charge in [-0.15, -0.1) is 0 Å². The fourth-order valence-electron chi connectivity index (χ4n) is 8.39. The summed E-state index contributed by atoms with van der Waals surface area (Å²) in [6, 6.07) is 0. The predicted molar refractivity (Wildman–Crippen MR) is 142 cm³/mol. The van der Waals surface area contributed by atoms with E-state index in [0.29, 0.717) is 11.3 Å². The zero-order chi connectivity index (χ0) is 25.1. The lowest BCUT2D eigenvalue weighted by atomic mass is 9.59. The van der Waals surface area contributed by atoms with Gasteiger partial charge in [-0.05, 0) is 99.7 Å². The van der Waals surface area contributed by atoms with Crippen LogP contribution in [0, 0.1) is 46.8 Å². The van der Waals surface area contributed by atoms with E-state index in [1.165, 1.54) is 38.5 Å². The van der Waals surface area contributed by atoms with Crippen LogP contribution in [0.5, 0.6) is 0 Å². The number of hydrogen-bond donors (Lipinski definition) is 3. The van der Waals surface area contributed by atoms with Crippen molar-refractivity contribution in [3.05, 3.63) is 12.2 Å². The summed E-state index contributed by atoms with van der Waals surface area (Å²) in [5.41, 5.74) is -0.111. The highest BCUT2D eigenvalue weighted by molar-refractivity contribution is 5.09. The molecule has 0 aliphatic heterocycles. The van der Waals surface area contributed by atoms with Crippen molar-refractivity contribution in [3.63, 3.8) is 0 Å². The Balaban J connectivity index is 1.61. The molecule has 3 heteroatoms. The number of allylic oxidation sites excluding steroid dienone is 2. The third-order valence-corrected chi connectivity index (χ3v) is 10.5. The SMILES string of the molecule is CCCC[C@H]1[C@H](O)CC(/C=C\C2CCC[C@@]3(C)C2CCC3[C@H](C)CCCC(C)(C)O)C(C)[C@H]1O. The van der Waals surface area contributed by atoms with Gasteiger partial charge in [0.05, 0.1) is 17.8 Å². The van der Waals surface area contributed by atoms with E-state index in [9.17, 15) is 15.3 Å². The molecule has 3 rings (SSSR count). The molecule has 0 aromatic carbocycles. The van der Waals surface area contributed by atoms with E-state index in [2.05, 4.69) is 39.8 Å². The van der Waals surface area contributed by atoms with Crippen LogP contribution in [0.1, 0.15) is 119 Å². The first-order valence-electron chi connectivity index (χ1n) is 14.7. The molecule has 0 radical (unpaired) electrons. The van der Waals surface area contributed by atoms with Crippen molar-refractivity contribution in [2.24, 2.45) is 46.8 Å². The van der Waals surface area contributed by atoms with Crippen LogP contribution in [0.15, 0.2) is 12.2 Å². The Kier molecular flexibility index (Phi) is 9.77. The fourth-order valence-corrected chi connectivity index (χ4v) is 8.39. The summed E-state index contributed by atoms with van der Waals surface area (Å²) in [5.74, 6) is 3.50. The molecule has 0 aromatic rings. The van der Waals surface area contributed by atoms with Crippen LogP contribution in [0.2, 0.25) is 0 Å². The largest absolute Gasteiger partial charge is 0.393 e. The van der Waals surface area contributed by atoms with Crippen LogP contribution in [-0.2, 0) is 0 Å². The monoisotopic (exact) mass is 476 g/mol. The Labute approximate surface area is 210 Å². The zero-order valence-electron chi connectivity index (χ0n) is 23.2. The van der Waals surface area contributed by atoms with Crippen LogP contribution in [-0.4, -0.2) is 33.1 Å². The van der Waals surface area contributed by atoms with Crippen LogP contribution in [0.3, 0.4) is 0 Å². The molecular weight excluding hydrogens is 420 g/mol. The maximum atomic E-state index is 10.9. The van der Waals surface area contributed by atoms with Crippen molar-refractivity contribution < 1.29 is 15.3 Å². The molecule has 0 bridgehead atoms. The van der Waals surface area contributed by atoms with Gasteiger partial charge in [0.25, 0.3) is 0 Å². The average Bonchev–Trinajstić information content (AvgIpc) is 3.12. The van der Waals surface area contributed by atoms with Crippen LogP contribution >= 0.6 is 0 Å². The normalized spacial score (nSPS) is 42.1. The molecule has 10 atom stereocenters. The van der Waals surface area contributed by atoms with Gasteiger partial charge in [-0.3, -0.25) is 0 Å². The lowest BCUT2D eigenvalue weighted by Crippen LogP contribution is -2.45. The van der Waals surface area contributed by atoms with Gasteiger partial charge in [0.2, 0.25) is 0 Å². The molecule has 3 aliphatic carbocycles. The molecule has 0 heterocycles. The minimum atomic E-state index is -0.546. The van der Waals surface area contributed by atoms with Crippen molar-refractivity contribution in [1.82, 2.24) is 0 Å². The first kappa shape index (κ1) is 28.2. The van der Waals surface area contributed by atoms with Gasteiger partial charge in [-0.2, -0.15) is 0 Å². The van der Waals surface area contributed by atoms with E-state index in [-0.39, 0.29) is 30.0 Å². The molecule has 5 unspecified atom stereocenters. The summed E-state index contributed by atoms with van der Waals surface area (Å²) < 4.78 is 0. The van der Waals surface area contributed by atoms with Crippen molar-refractivity contribution in [2.45, 2.75) is 136 Å². The second-order valence-corrected chi connectivity index (χ2v) is 13.5. The molecule has 0 saturated heterocycles. The van der Waals surface area contributed by atoms with Crippen LogP contribution < -0.4 is 0 Å². The first-order valence-corrected chi connectivity index (χ1v) is 14.7. The Morgan fingerprint density at radius 1 is 1.06 bits per heavy atom. The van der Waals surface area contributed by atoms with Gasteiger partial charge in [-0.25, -0.2) is 0 Å². The quantitative estimate of drug-likeness (QED) is 0.294. The van der Waals surface area contributed by atoms with Crippen LogP contribution in [0.25, 0.3) is 0 Å². The third kappa shape index (κ3) is 6.48. The lowest BCUT2D eigenvalue weighted by molar-refractivity contribution is -0.0727. The van der Waals surface area contributed by atoms with Gasteiger partial charge >= 0.3 is 0 Å². The van der Waals surface area contributed by atoms with Crippen molar-refractivity contribution in [1.29, 1.82) is 0 Å². The highest BCUT2D eigenvalue weighted by atomic mass is 16.3. The van der Waals surface area contributed by atoms with E-state index >= 15 is 0 Å². The van der Waals surface area contributed by atoms with Gasteiger partial charge in [-0.1, -0.05) is 72.0 Å². The molecule has 3 nitrogen and oxygen atoms in total. The van der Waals surface area contributed by atoms with Crippen molar-refractivity contribution in [2.75, 3.05) is 0 Å². The number of aliphatic hydroxyl groups is 3. The highest BCUT2D eigenvalue weighted by Crippen LogP contribution is 2.60. The molecule has 3 N–H and O–H groups in total. The molecule has 0 amide bonds. The molecule has 3 saturated carbocycles. The number of aliphatic hydroxyl groups excluding tert-OH is 2. The summed E-state index contributed by atoms with van der Waals surface area (Å²) in [6.45, 7) is 13.3. The Bertz CT molecular complexity index is 652. The highest BCUT2D eigenvalue weighted by Gasteiger charge is 2.51.